The second-order valence-electron chi connectivity index (χ2n) is 7.96. The highest BCUT2D eigenvalue weighted by molar-refractivity contribution is 7.86. The Morgan fingerprint density at radius 3 is 2.45 bits per heavy atom. The number of nitrogens with one attached hydrogen (secondary N) is 1. The highest BCUT2D eigenvalue weighted by Gasteiger charge is 2.33. The summed E-state index contributed by atoms with van der Waals surface area (Å²) in [6, 6.07) is 12.7. The van der Waals surface area contributed by atoms with Crippen molar-refractivity contribution in [1.29, 1.82) is 0 Å². The molecule has 0 bridgehead atoms. The maximum atomic E-state index is 13.2. The van der Waals surface area contributed by atoms with Crippen LogP contribution in [0, 0.1) is 0 Å². The van der Waals surface area contributed by atoms with Crippen LogP contribution in [0.3, 0.4) is 0 Å². The van der Waals surface area contributed by atoms with E-state index in [1.165, 1.54) is 38.7 Å². The third kappa shape index (κ3) is 4.93. The lowest BCUT2D eigenvalue weighted by Crippen LogP contribution is -2.44. The number of amides is 1. The Hall–Kier alpha value is -2.80. The molecule has 1 aliphatic rings. The van der Waals surface area contributed by atoms with Gasteiger partial charge in [0, 0.05) is 38.8 Å². The van der Waals surface area contributed by atoms with Gasteiger partial charge in [-0.15, -0.1) is 11.3 Å². The predicted molar refractivity (Wildman–Crippen MR) is 127 cm³/mol. The van der Waals surface area contributed by atoms with E-state index in [1.54, 1.807) is 16.7 Å². The molecule has 1 N–H and O–H groups in total. The fourth-order valence-electron chi connectivity index (χ4n) is 3.83. The fraction of sp³-hybridized carbons (Fsp3) is 0.381. The molecule has 0 aliphatic carbocycles. The van der Waals surface area contributed by atoms with Crippen LogP contribution in [0.25, 0.3) is 5.00 Å². The molecular formula is C21H26N6O4S2. The zero-order chi connectivity index (χ0) is 23.6. The minimum Gasteiger partial charge on any atom is -0.324 e. The van der Waals surface area contributed by atoms with Crippen molar-refractivity contribution < 1.29 is 13.2 Å². The summed E-state index contributed by atoms with van der Waals surface area (Å²) in [4.78, 5) is 25.7. The van der Waals surface area contributed by atoms with Gasteiger partial charge in [0.15, 0.2) is 0 Å². The molecule has 0 atom stereocenters. The average Bonchev–Trinajstić information content (AvgIpc) is 3.43. The number of aromatic nitrogens is 3. The number of hydrogen-bond acceptors (Lipinski definition) is 6. The van der Waals surface area contributed by atoms with Gasteiger partial charge < -0.3 is 5.32 Å². The smallest absolute Gasteiger partial charge is 0.324 e. The van der Waals surface area contributed by atoms with Crippen LogP contribution < -0.4 is 11.0 Å². The van der Waals surface area contributed by atoms with Crippen molar-refractivity contribution in [2.24, 2.45) is 0 Å². The molecule has 176 valence electrons. The zero-order valence-corrected chi connectivity index (χ0v) is 20.1. The number of anilines is 1. The summed E-state index contributed by atoms with van der Waals surface area (Å²) in [5.74, 6) is 0.0984. The molecule has 4 rings (SSSR count). The van der Waals surface area contributed by atoms with Crippen LogP contribution in [0.1, 0.15) is 24.6 Å². The molecule has 0 spiro atoms. The lowest BCUT2D eigenvalue weighted by atomic mass is 9.97. The van der Waals surface area contributed by atoms with Crippen molar-refractivity contribution in [2.45, 2.75) is 25.3 Å². The van der Waals surface area contributed by atoms with Gasteiger partial charge in [-0.25, -0.2) is 14.0 Å². The standard InChI is InChI=1S/C21H26N6O4S2/c1-24(2)33(30,31)25-12-10-16(11-13-25)20-23-26(21(29)27(20)19-9-6-14-32-19)15-18(28)22-17-7-4-3-5-8-17/h3-9,14,16H,10-13,15H2,1-2H3,(H,22,28). The lowest BCUT2D eigenvalue weighted by Gasteiger charge is -2.32. The van der Waals surface area contributed by atoms with Crippen molar-refractivity contribution in [3.8, 4) is 5.00 Å². The number of carbonyl (C=O) groups is 1. The number of piperidine rings is 1. The van der Waals surface area contributed by atoms with E-state index in [0.717, 1.165) is 0 Å². The summed E-state index contributed by atoms with van der Waals surface area (Å²) in [5, 5.41) is 9.89. The van der Waals surface area contributed by atoms with Gasteiger partial charge in [0.25, 0.3) is 10.2 Å². The molecule has 1 saturated heterocycles. The van der Waals surface area contributed by atoms with E-state index < -0.39 is 10.2 Å². The SMILES string of the molecule is CN(C)S(=O)(=O)N1CCC(c2nn(CC(=O)Nc3ccccc3)c(=O)n2-c2cccs2)CC1. The Kier molecular flexibility index (Phi) is 6.79. The first-order chi connectivity index (χ1) is 15.8. The quantitative estimate of drug-likeness (QED) is 0.542. The first kappa shape index (κ1) is 23.4. The second-order valence-corrected chi connectivity index (χ2v) is 11.0. The van der Waals surface area contributed by atoms with Crippen LogP contribution in [-0.2, 0) is 21.5 Å². The molecule has 1 aliphatic heterocycles. The minimum atomic E-state index is -3.49. The monoisotopic (exact) mass is 490 g/mol. The van der Waals surface area contributed by atoms with E-state index in [2.05, 4.69) is 10.4 Å². The lowest BCUT2D eigenvalue weighted by molar-refractivity contribution is -0.117. The molecule has 3 aromatic rings. The van der Waals surface area contributed by atoms with Gasteiger partial charge in [0.1, 0.15) is 17.4 Å². The molecule has 0 unspecified atom stereocenters. The maximum Gasteiger partial charge on any atom is 0.351 e. The molecule has 2 aromatic heterocycles. The van der Waals surface area contributed by atoms with Crippen molar-refractivity contribution in [1.82, 2.24) is 23.0 Å². The molecule has 1 fully saturated rings. The number of thiophene rings is 1. The van der Waals surface area contributed by atoms with Gasteiger partial charge in [-0.05, 0) is 42.5 Å². The van der Waals surface area contributed by atoms with Crippen LogP contribution in [0.15, 0.2) is 52.6 Å². The number of rotatable bonds is 7. The third-order valence-corrected chi connectivity index (χ3v) is 8.34. The molecule has 10 nitrogen and oxygen atoms in total. The summed E-state index contributed by atoms with van der Waals surface area (Å²) >= 11 is 1.41. The highest BCUT2D eigenvalue weighted by Crippen LogP contribution is 2.30. The third-order valence-electron chi connectivity index (χ3n) is 5.55. The van der Waals surface area contributed by atoms with Gasteiger partial charge in [-0.2, -0.15) is 22.1 Å². The molecule has 1 amide bonds. The largest absolute Gasteiger partial charge is 0.351 e. The number of para-hydroxylation sites is 1. The van der Waals surface area contributed by atoms with Gasteiger partial charge in [-0.3, -0.25) is 4.79 Å². The summed E-state index contributed by atoms with van der Waals surface area (Å²) < 4.78 is 30.3. The molecular weight excluding hydrogens is 464 g/mol. The number of nitrogens with zero attached hydrogens (tertiary/aromatic N) is 5. The predicted octanol–water partition coefficient (Wildman–Crippen LogP) is 1.72. The first-order valence-electron chi connectivity index (χ1n) is 10.5. The summed E-state index contributed by atoms with van der Waals surface area (Å²) in [7, 11) is -0.462. The van der Waals surface area contributed by atoms with Crippen molar-refractivity contribution in [3.05, 3.63) is 64.2 Å². The van der Waals surface area contributed by atoms with Crippen molar-refractivity contribution >= 4 is 33.1 Å². The summed E-state index contributed by atoms with van der Waals surface area (Å²) in [6.45, 7) is 0.462. The first-order valence-corrected chi connectivity index (χ1v) is 12.8. The summed E-state index contributed by atoms with van der Waals surface area (Å²) in [6.07, 6.45) is 1.07. The van der Waals surface area contributed by atoms with Gasteiger partial charge in [0.05, 0.1) is 0 Å². The number of hydrogen-bond donors (Lipinski definition) is 1. The van der Waals surface area contributed by atoms with Crippen molar-refractivity contribution in [3.63, 3.8) is 0 Å². The normalized spacial score (nSPS) is 15.7. The molecule has 0 radical (unpaired) electrons. The molecule has 3 heterocycles. The number of benzene rings is 1. The van der Waals surface area contributed by atoms with Crippen LogP contribution in [0.5, 0.6) is 0 Å². The van der Waals surface area contributed by atoms with Crippen molar-refractivity contribution in [2.75, 3.05) is 32.5 Å². The number of carbonyl (C=O) groups excluding carboxylic acids is 1. The van der Waals surface area contributed by atoms with Crippen LogP contribution in [0.4, 0.5) is 5.69 Å². The minimum absolute atomic E-state index is 0.105. The Morgan fingerprint density at radius 1 is 1.15 bits per heavy atom. The zero-order valence-electron chi connectivity index (χ0n) is 18.4. The molecule has 33 heavy (non-hydrogen) atoms. The Labute approximate surface area is 196 Å². The second kappa shape index (κ2) is 9.59. The Balaban J connectivity index is 1.58. The molecule has 12 heteroatoms. The van der Waals surface area contributed by atoms with Gasteiger partial charge in [0.2, 0.25) is 5.91 Å². The van der Waals surface area contributed by atoms with E-state index in [-0.39, 0.29) is 24.1 Å². The van der Waals surface area contributed by atoms with Gasteiger partial charge in [-0.1, -0.05) is 18.2 Å². The Morgan fingerprint density at radius 2 is 1.85 bits per heavy atom. The molecule has 0 saturated carbocycles. The van der Waals surface area contributed by atoms with E-state index >= 15 is 0 Å². The fourth-order valence-corrected chi connectivity index (χ4v) is 5.69. The van der Waals surface area contributed by atoms with E-state index in [0.29, 0.717) is 42.4 Å². The highest BCUT2D eigenvalue weighted by atomic mass is 32.2. The Bertz CT molecular complexity index is 1260. The van der Waals surface area contributed by atoms with Crippen LogP contribution in [-0.4, -0.2) is 64.5 Å². The van der Waals surface area contributed by atoms with E-state index in [1.807, 2.05) is 35.7 Å². The maximum absolute atomic E-state index is 13.2. The topological polar surface area (TPSA) is 110 Å². The molecule has 1 aromatic carbocycles. The van der Waals surface area contributed by atoms with E-state index in [4.69, 9.17) is 0 Å². The van der Waals surface area contributed by atoms with Crippen LogP contribution in [0.2, 0.25) is 0 Å². The van der Waals surface area contributed by atoms with E-state index in [9.17, 15) is 18.0 Å². The average molecular weight is 491 g/mol. The van der Waals surface area contributed by atoms with Gasteiger partial charge >= 0.3 is 5.69 Å². The summed E-state index contributed by atoms with van der Waals surface area (Å²) in [5.41, 5.74) is 0.252. The van der Waals surface area contributed by atoms with Crippen LogP contribution >= 0.6 is 11.3 Å².